The quantitative estimate of drug-likeness (QED) is 0.896. The Balaban J connectivity index is 1.86. The average molecular weight is 338 g/mol. The van der Waals surface area contributed by atoms with E-state index in [9.17, 15) is 4.79 Å². The summed E-state index contributed by atoms with van der Waals surface area (Å²) in [6, 6.07) is 7.23. The predicted octanol–water partition coefficient (Wildman–Crippen LogP) is 2.46. The topological polar surface area (TPSA) is 75.7 Å². The number of ether oxygens (including phenoxy) is 2. The van der Waals surface area contributed by atoms with Gasteiger partial charge in [0.1, 0.15) is 23.4 Å². The van der Waals surface area contributed by atoms with Gasteiger partial charge < -0.3 is 20.1 Å². The number of pyridine rings is 1. The SMILES string of the molecule is CCOC1=C2C(NC=C1)NC(=O)N2c1ccc2nccc(OC)c2c1. The number of carbonyl (C=O) groups excluding carboxylic acids is 1. The molecule has 0 saturated carbocycles. The van der Waals surface area contributed by atoms with E-state index in [1.165, 1.54) is 0 Å². The van der Waals surface area contributed by atoms with E-state index in [2.05, 4.69) is 15.6 Å². The zero-order chi connectivity index (χ0) is 17.4. The Kier molecular flexibility index (Phi) is 3.68. The number of urea groups is 1. The van der Waals surface area contributed by atoms with Crippen LogP contribution in [-0.2, 0) is 4.74 Å². The molecule has 2 aromatic rings. The van der Waals surface area contributed by atoms with Crippen LogP contribution in [0.25, 0.3) is 10.9 Å². The maximum absolute atomic E-state index is 12.6. The van der Waals surface area contributed by atoms with Crippen LogP contribution in [0.2, 0.25) is 0 Å². The first-order valence-corrected chi connectivity index (χ1v) is 8.06. The van der Waals surface area contributed by atoms with Gasteiger partial charge in [-0.1, -0.05) is 0 Å². The molecule has 1 atom stereocenters. The average Bonchev–Trinajstić information content (AvgIpc) is 2.98. The van der Waals surface area contributed by atoms with Crippen LogP contribution in [0, 0.1) is 0 Å². The van der Waals surface area contributed by atoms with Gasteiger partial charge in [0.05, 0.1) is 24.9 Å². The molecule has 4 rings (SSSR count). The lowest BCUT2D eigenvalue weighted by molar-refractivity contribution is 0.234. The van der Waals surface area contributed by atoms with Crippen molar-refractivity contribution in [2.45, 2.75) is 13.1 Å². The van der Waals surface area contributed by atoms with Crippen molar-refractivity contribution in [3.63, 3.8) is 0 Å². The number of methoxy groups -OCH3 is 1. The fourth-order valence-corrected chi connectivity index (χ4v) is 3.13. The number of aromatic nitrogens is 1. The summed E-state index contributed by atoms with van der Waals surface area (Å²) < 4.78 is 11.1. The molecule has 128 valence electrons. The molecule has 0 radical (unpaired) electrons. The summed E-state index contributed by atoms with van der Waals surface area (Å²) in [5.74, 6) is 1.38. The van der Waals surface area contributed by atoms with Gasteiger partial charge in [-0.15, -0.1) is 0 Å². The standard InChI is InChI=1S/C18H18N4O3/c1-3-25-15-7-9-20-17-16(15)22(18(23)21-17)11-4-5-13-12(10-11)14(24-2)6-8-19-13/h4-10,17,20H,3H2,1-2H3,(H,21,23). The van der Waals surface area contributed by atoms with Gasteiger partial charge >= 0.3 is 6.03 Å². The lowest BCUT2D eigenvalue weighted by Crippen LogP contribution is -2.38. The van der Waals surface area contributed by atoms with Gasteiger partial charge in [0.25, 0.3) is 0 Å². The summed E-state index contributed by atoms with van der Waals surface area (Å²) >= 11 is 0. The first kappa shape index (κ1) is 15.3. The van der Waals surface area contributed by atoms with Gasteiger partial charge in [0.15, 0.2) is 0 Å². The minimum absolute atomic E-state index is 0.212. The summed E-state index contributed by atoms with van der Waals surface area (Å²) in [4.78, 5) is 18.6. The Labute approximate surface area is 144 Å². The lowest BCUT2D eigenvalue weighted by atomic mass is 10.1. The second-order valence-corrected chi connectivity index (χ2v) is 5.62. The number of amides is 2. The fourth-order valence-electron chi connectivity index (χ4n) is 3.13. The highest BCUT2D eigenvalue weighted by Crippen LogP contribution is 2.34. The zero-order valence-corrected chi connectivity index (χ0v) is 13.9. The van der Waals surface area contributed by atoms with Gasteiger partial charge in [-0.05, 0) is 37.3 Å². The Morgan fingerprint density at radius 2 is 2.20 bits per heavy atom. The Hall–Kier alpha value is -3.22. The summed E-state index contributed by atoms with van der Waals surface area (Å²) in [5, 5.41) is 6.88. The van der Waals surface area contributed by atoms with E-state index in [4.69, 9.17) is 9.47 Å². The molecule has 7 nitrogen and oxygen atoms in total. The van der Waals surface area contributed by atoms with E-state index in [-0.39, 0.29) is 12.2 Å². The number of rotatable bonds is 4. The highest BCUT2D eigenvalue weighted by Gasteiger charge is 2.39. The molecule has 2 N–H and O–H groups in total. The molecule has 0 spiro atoms. The van der Waals surface area contributed by atoms with Crippen LogP contribution in [0.4, 0.5) is 10.5 Å². The molecule has 1 aromatic carbocycles. The van der Waals surface area contributed by atoms with E-state index in [0.29, 0.717) is 18.1 Å². The van der Waals surface area contributed by atoms with Crippen LogP contribution in [0.1, 0.15) is 6.92 Å². The molecule has 2 aliphatic rings. The normalized spacial score (nSPS) is 18.9. The van der Waals surface area contributed by atoms with Crippen molar-refractivity contribution in [3.8, 4) is 5.75 Å². The molecule has 1 fully saturated rings. The number of nitrogens with zero attached hydrogens (tertiary/aromatic N) is 2. The van der Waals surface area contributed by atoms with E-state index >= 15 is 0 Å². The second-order valence-electron chi connectivity index (χ2n) is 5.62. The van der Waals surface area contributed by atoms with Gasteiger partial charge in [0, 0.05) is 17.8 Å². The van der Waals surface area contributed by atoms with Gasteiger partial charge in [-0.2, -0.15) is 0 Å². The summed E-state index contributed by atoms with van der Waals surface area (Å²) in [5.41, 5.74) is 2.28. The molecule has 2 aliphatic heterocycles. The maximum Gasteiger partial charge on any atom is 0.328 e. The van der Waals surface area contributed by atoms with Crippen molar-refractivity contribution < 1.29 is 14.3 Å². The Bertz CT molecular complexity index is 906. The van der Waals surface area contributed by atoms with Gasteiger partial charge in [0.2, 0.25) is 0 Å². The van der Waals surface area contributed by atoms with E-state index < -0.39 is 0 Å². The highest BCUT2D eigenvalue weighted by molar-refractivity contribution is 6.01. The van der Waals surface area contributed by atoms with Crippen molar-refractivity contribution in [1.82, 2.24) is 15.6 Å². The monoisotopic (exact) mass is 338 g/mol. The number of nitrogens with one attached hydrogen (secondary N) is 2. The molecule has 25 heavy (non-hydrogen) atoms. The molecule has 1 unspecified atom stereocenters. The van der Waals surface area contributed by atoms with Crippen LogP contribution in [0.3, 0.4) is 0 Å². The number of fused-ring (bicyclic) bond motifs is 2. The molecular formula is C18H18N4O3. The minimum atomic E-state index is -0.314. The summed E-state index contributed by atoms with van der Waals surface area (Å²) in [6.45, 7) is 2.44. The van der Waals surface area contributed by atoms with Crippen LogP contribution >= 0.6 is 0 Å². The maximum atomic E-state index is 12.6. The van der Waals surface area contributed by atoms with Crippen LogP contribution in [-0.4, -0.2) is 30.9 Å². The second kappa shape index (κ2) is 6.01. The summed E-state index contributed by atoms with van der Waals surface area (Å²) in [7, 11) is 1.62. The zero-order valence-electron chi connectivity index (χ0n) is 13.9. The molecule has 1 aromatic heterocycles. The largest absolute Gasteiger partial charge is 0.496 e. The van der Waals surface area contributed by atoms with Crippen molar-refractivity contribution in [2.24, 2.45) is 0 Å². The predicted molar refractivity (Wildman–Crippen MR) is 94.0 cm³/mol. The van der Waals surface area contributed by atoms with E-state index in [1.807, 2.05) is 31.2 Å². The molecule has 1 saturated heterocycles. The van der Waals surface area contributed by atoms with Gasteiger partial charge in [-0.3, -0.25) is 9.88 Å². The first-order valence-electron chi connectivity index (χ1n) is 8.06. The van der Waals surface area contributed by atoms with E-state index in [1.54, 1.807) is 30.5 Å². The first-order chi connectivity index (χ1) is 12.2. The fraction of sp³-hybridized carbons (Fsp3) is 0.222. The number of hydrogen-bond donors (Lipinski definition) is 2. The Morgan fingerprint density at radius 3 is 3.00 bits per heavy atom. The lowest BCUT2D eigenvalue weighted by Gasteiger charge is -2.24. The van der Waals surface area contributed by atoms with Crippen molar-refractivity contribution in [1.29, 1.82) is 0 Å². The smallest absolute Gasteiger partial charge is 0.328 e. The number of benzene rings is 1. The van der Waals surface area contributed by atoms with Crippen molar-refractivity contribution >= 4 is 22.6 Å². The van der Waals surface area contributed by atoms with Crippen molar-refractivity contribution in [2.75, 3.05) is 18.6 Å². The third-order valence-corrected chi connectivity index (χ3v) is 4.20. The van der Waals surface area contributed by atoms with Crippen LogP contribution < -0.4 is 20.3 Å². The number of allylic oxidation sites excluding steroid dienone is 1. The summed E-state index contributed by atoms with van der Waals surface area (Å²) in [6.07, 6.45) is 4.98. The highest BCUT2D eigenvalue weighted by atomic mass is 16.5. The number of anilines is 1. The molecule has 2 amide bonds. The third-order valence-electron chi connectivity index (χ3n) is 4.20. The molecule has 0 bridgehead atoms. The minimum Gasteiger partial charge on any atom is -0.496 e. The van der Waals surface area contributed by atoms with Crippen molar-refractivity contribution in [3.05, 3.63) is 54.2 Å². The molecule has 0 aliphatic carbocycles. The molecular weight excluding hydrogens is 320 g/mol. The van der Waals surface area contributed by atoms with Crippen LogP contribution in [0.15, 0.2) is 54.2 Å². The van der Waals surface area contributed by atoms with Crippen LogP contribution in [0.5, 0.6) is 5.75 Å². The molecule has 3 heterocycles. The van der Waals surface area contributed by atoms with Gasteiger partial charge in [-0.25, -0.2) is 4.79 Å². The molecule has 7 heteroatoms. The number of carbonyl (C=O) groups is 1. The van der Waals surface area contributed by atoms with E-state index in [0.717, 1.165) is 22.3 Å². The third kappa shape index (κ3) is 2.44. The Morgan fingerprint density at radius 1 is 1.32 bits per heavy atom. The number of dihydropyridines is 1. The number of hydrogen-bond acceptors (Lipinski definition) is 5.